The molecule has 3 rings (SSSR count). The molecule has 100 valence electrons. The predicted molar refractivity (Wildman–Crippen MR) is 81.8 cm³/mol. The molecule has 4 heteroatoms. The molecule has 1 fully saturated rings. The lowest BCUT2D eigenvalue weighted by Gasteiger charge is -2.10. The SMILES string of the molecule is O=c1[nH]c2ccccc2cc1CNCC1CCCS1. The van der Waals surface area contributed by atoms with Crippen LogP contribution in [0, 0.1) is 0 Å². The summed E-state index contributed by atoms with van der Waals surface area (Å²) in [4.78, 5) is 14.9. The third-order valence-corrected chi connectivity index (χ3v) is 4.94. The van der Waals surface area contributed by atoms with E-state index < -0.39 is 0 Å². The van der Waals surface area contributed by atoms with Crippen molar-refractivity contribution in [1.82, 2.24) is 10.3 Å². The fourth-order valence-electron chi connectivity index (χ4n) is 2.50. The van der Waals surface area contributed by atoms with Crippen molar-refractivity contribution in [2.45, 2.75) is 24.6 Å². The van der Waals surface area contributed by atoms with E-state index in [1.165, 1.54) is 18.6 Å². The first kappa shape index (κ1) is 12.8. The Morgan fingerprint density at radius 3 is 3.11 bits per heavy atom. The van der Waals surface area contributed by atoms with Crippen LogP contribution in [0.4, 0.5) is 0 Å². The number of rotatable bonds is 4. The minimum atomic E-state index is 0.0188. The fraction of sp³-hybridized carbons (Fsp3) is 0.400. The number of H-pyrrole nitrogens is 1. The smallest absolute Gasteiger partial charge is 0.252 e. The van der Waals surface area contributed by atoms with Crippen LogP contribution in [0.25, 0.3) is 10.9 Å². The summed E-state index contributed by atoms with van der Waals surface area (Å²) in [7, 11) is 0. The van der Waals surface area contributed by atoms with Gasteiger partial charge in [0.05, 0.1) is 0 Å². The maximum absolute atomic E-state index is 12.0. The number of hydrogen-bond donors (Lipinski definition) is 2. The van der Waals surface area contributed by atoms with Gasteiger partial charge in [0.15, 0.2) is 0 Å². The number of aromatic amines is 1. The minimum Gasteiger partial charge on any atom is -0.322 e. The Kier molecular flexibility index (Phi) is 3.89. The highest BCUT2D eigenvalue weighted by Gasteiger charge is 2.14. The second kappa shape index (κ2) is 5.80. The van der Waals surface area contributed by atoms with E-state index in [2.05, 4.69) is 10.3 Å². The van der Waals surface area contributed by atoms with Gasteiger partial charge in [0.2, 0.25) is 0 Å². The number of benzene rings is 1. The first-order valence-electron chi connectivity index (χ1n) is 6.76. The molecule has 1 aliphatic heterocycles. The quantitative estimate of drug-likeness (QED) is 0.900. The summed E-state index contributed by atoms with van der Waals surface area (Å²) in [5.41, 5.74) is 1.74. The van der Waals surface area contributed by atoms with Crippen LogP contribution in [0.1, 0.15) is 18.4 Å². The second-order valence-electron chi connectivity index (χ2n) is 4.98. The second-order valence-corrected chi connectivity index (χ2v) is 6.39. The molecule has 2 heterocycles. The summed E-state index contributed by atoms with van der Waals surface area (Å²) in [6.07, 6.45) is 2.62. The number of aromatic nitrogens is 1. The van der Waals surface area contributed by atoms with Gasteiger partial charge in [-0.05, 0) is 36.1 Å². The van der Waals surface area contributed by atoms with Crippen LogP contribution in [0.2, 0.25) is 0 Å². The molecule has 1 aromatic heterocycles. The van der Waals surface area contributed by atoms with Crippen LogP contribution in [0.5, 0.6) is 0 Å². The van der Waals surface area contributed by atoms with Crippen molar-refractivity contribution in [1.29, 1.82) is 0 Å². The highest BCUT2D eigenvalue weighted by atomic mass is 32.2. The summed E-state index contributed by atoms with van der Waals surface area (Å²) in [5.74, 6) is 1.28. The van der Waals surface area contributed by atoms with Crippen molar-refractivity contribution in [2.24, 2.45) is 0 Å². The first-order chi connectivity index (χ1) is 9.33. The van der Waals surface area contributed by atoms with Crippen molar-refractivity contribution < 1.29 is 0 Å². The van der Waals surface area contributed by atoms with E-state index in [1.807, 2.05) is 42.1 Å². The molecule has 1 aliphatic rings. The molecule has 0 saturated carbocycles. The maximum Gasteiger partial charge on any atom is 0.252 e. The molecule has 3 nitrogen and oxygen atoms in total. The predicted octanol–water partition coefficient (Wildman–Crippen LogP) is 2.51. The molecule has 1 aromatic carbocycles. The van der Waals surface area contributed by atoms with Gasteiger partial charge in [0.1, 0.15) is 0 Å². The van der Waals surface area contributed by atoms with E-state index in [-0.39, 0.29) is 5.56 Å². The Bertz CT molecular complexity index is 617. The number of pyridine rings is 1. The van der Waals surface area contributed by atoms with Crippen LogP contribution < -0.4 is 10.9 Å². The molecule has 0 radical (unpaired) electrons. The topological polar surface area (TPSA) is 44.9 Å². The number of hydrogen-bond acceptors (Lipinski definition) is 3. The van der Waals surface area contributed by atoms with Gasteiger partial charge in [0, 0.05) is 29.4 Å². The van der Waals surface area contributed by atoms with Crippen molar-refractivity contribution in [3.8, 4) is 0 Å². The van der Waals surface area contributed by atoms with Gasteiger partial charge in [-0.15, -0.1) is 0 Å². The summed E-state index contributed by atoms with van der Waals surface area (Å²) in [6.45, 7) is 1.65. The van der Waals surface area contributed by atoms with Crippen LogP contribution in [0.3, 0.4) is 0 Å². The van der Waals surface area contributed by atoms with Crippen molar-refractivity contribution >= 4 is 22.7 Å². The van der Waals surface area contributed by atoms with Gasteiger partial charge in [-0.2, -0.15) is 11.8 Å². The van der Waals surface area contributed by atoms with Crippen molar-refractivity contribution in [3.63, 3.8) is 0 Å². The van der Waals surface area contributed by atoms with Gasteiger partial charge >= 0.3 is 0 Å². The molecule has 0 amide bonds. The highest BCUT2D eigenvalue weighted by molar-refractivity contribution is 8.00. The number of para-hydroxylation sites is 1. The highest BCUT2D eigenvalue weighted by Crippen LogP contribution is 2.25. The Morgan fingerprint density at radius 1 is 1.37 bits per heavy atom. The zero-order chi connectivity index (χ0) is 13.1. The van der Waals surface area contributed by atoms with Crippen molar-refractivity contribution in [3.05, 3.63) is 46.2 Å². The van der Waals surface area contributed by atoms with E-state index in [0.717, 1.165) is 28.3 Å². The summed E-state index contributed by atoms with van der Waals surface area (Å²) < 4.78 is 0. The zero-order valence-corrected chi connectivity index (χ0v) is 11.6. The van der Waals surface area contributed by atoms with E-state index in [0.29, 0.717) is 6.54 Å². The standard InChI is InChI=1S/C15H18N2OS/c18-15-12(9-16-10-13-5-3-7-19-13)8-11-4-1-2-6-14(11)17-15/h1-2,4,6,8,13,16H,3,5,7,9-10H2,(H,17,18). The molecule has 1 unspecified atom stereocenters. The lowest BCUT2D eigenvalue weighted by molar-refractivity contribution is 0.643. The molecule has 2 N–H and O–H groups in total. The van der Waals surface area contributed by atoms with Crippen molar-refractivity contribution in [2.75, 3.05) is 12.3 Å². The van der Waals surface area contributed by atoms with Gasteiger partial charge < -0.3 is 10.3 Å². The van der Waals surface area contributed by atoms with Crippen LogP contribution in [-0.4, -0.2) is 22.5 Å². The third kappa shape index (κ3) is 3.01. The van der Waals surface area contributed by atoms with E-state index in [9.17, 15) is 4.79 Å². The van der Waals surface area contributed by atoms with E-state index >= 15 is 0 Å². The molecular weight excluding hydrogens is 256 g/mol. The number of fused-ring (bicyclic) bond motifs is 1. The molecule has 1 atom stereocenters. The molecule has 0 aliphatic carbocycles. The minimum absolute atomic E-state index is 0.0188. The molecule has 0 bridgehead atoms. The van der Waals surface area contributed by atoms with Gasteiger partial charge in [-0.25, -0.2) is 0 Å². The monoisotopic (exact) mass is 274 g/mol. The Balaban J connectivity index is 1.69. The lowest BCUT2D eigenvalue weighted by atomic mass is 10.1. The van der Waals surface area contributed by atoms with Crippen LogP contribution in [0.15, 0.2) is 35.1 Å². The van der Waals surface area contributed by atoms with Gasteiger partial charge in [-0.1, -0.05) is 18.2 Å². The molecule has 19 heavy (non-hydrogen) atoms. The Labute approximate surface area is 116 Å². The first-order valence-corrected chi connectivity index (χ1v) is 7.81. The van der Waals surface area contributed by atoms with Gasteiger partial charge in [-0.3, -0.25) is 4.79 Å². The molecular formula is C15H18N2OS. The zero-order valence-electron chi connectivity index (χ0n) is 10.8. The maximum atomic E-state index is 12.0. The Hall–Kier alpha value is -1.26. The Morgan fingerprint density at radius 2 is 2.26 bits per heavy atom. The lowest BCUT2D eigenvalue weighted by Crippen LogP contribution is -2.26. The van der Waals surface area contributed by atoms with Crippen LogP contribution >= 0.6 is 11.8 Å². The fourth-order valence-corrected chi connectivity index (χ4v) is 3.73. The molecule has 0 spiro atoms. The average molecular weight is 274 g/mol. The average Bonchev–Trinajstić information content (AvgIpc) is 2.92. The van der Waals surface area contributed by atoms with Crippen LogP contribution in [-0.2, 0) is 6.54 Å². The largest absolute Gasteiger partial charge is 0.322 e. The summed E-state index contributed by atoms with van der Waals surface area (Å²) in [5, 5.41) is 5.22. The summed E-state index contributed by atoms with van der Waals surface area (Å²) >= 11 is 2.04. The van der Waals surface area contributed by atoms with E-state index in [4.69, 9.17) is 0 Å². The molecule has 2 aromatic rings. The number of nitrogens with one attached hydrogen (secondary N) is 2. The summed E-state index contributed by atoms with van der Waals surface area (Å²) in [6, 6.07) is 9.88. The molecule has 1 saturated heterocycles. The van der Waals surface area contributed by atoms with E-state index in [1.54, 1.807) is 0 Å². The normalized spacial score (nSPS) is 19.1. The van der Waals surface area contributed by atoms with Gasteiger partial charge in [0.25, 0.3) is 5.56 Å². The third-order valence-electron chi connectivity index (χ3n) is 3.54. The number of thioether (sulfide) groups is 1.